The molecule has 2 N–H and O–H groups in total. The standard InChI is InChI=1S/C22H31FN6O/c1-15-13-24-22(27-21(15)28(2)3)26-18-10-8-17(9-11-18)25-20(30)14-29(4)19-7-5-6-16(23)12-19/h5-7,12-13,17-18H,8-11,14H2,1-4H3,(H,25,30)(H,24,26,27). The third kappa shape index (κ3) is 5.81. The van der Waals surface area contributed by atoms with Crippen molar-refractivity contribution in [3.05, 3.63) is 41.8 Å². The highest BCUT2D eigenvalue weighted by molar-refractivity contribution is 5.81. The molecule has 0 radical (unpaired) electrons. The Morgan fingerprint density at radius 2 is 1.87 bits per heavy atom. The number of halogens is 1. The molecule has 7 nitrogen and oxygen atoms in total. The van der Waals surface area contributed by atoms with Crippen molar-refractivity contribution in [3.63, 3.8) is 0 Å². The summed E-state index contributed by atoms with van der Waals surface area (Å²) < 4.78 is 13.4. The third-order valence-corrected chi connectivity index (χ3v) is 5.42. The van der Waals surface area contributed by atoms with Crippen LogP contribution in [-0.4, -0.2) is 55.6 Å². The highest BCUT2D eigenvalue weighted by atomic mass is 19.1. The van der Waals surface area contributed by atoms with E-state index in [0.29, 0.717) is 17.7 Å². The lowest BCUT2D eigenvalue weighted by Gasteiger charge is -2.30. The number of aromatic nitrogens is 2. The number of hydrogen-bond acceptors (Lipinski definition) is 6. The second-order valence-corrected chi connectivity index (χ2v) is 8.19. The lowest BCUT2D eigenvalue weighted by molar-refractivity contribution is -0.120. The Bertz CT molecular complexity index is 866. The van der Waals surface area contributed by atoms with Crippen LogP contribution in [-0.2, 0) is 4.79 Å². The van der Waals surface area contributed by atoms with Crippen molar-refractivity contribution in [3.8, 4) is 0 Å². The van der Waals surface area contributed by atoms with Gasteiger partial charge in [-0.15, -0.1) is 0 Å². The molecule has 0 aliphatic heterocycles. The number of nitrogens with zero attached hydrogens (tertiary/aromatic N) is 4. The minimum atomic E-state index is -0.305. The van der Waals surface area contributed by atoms with Crippen LogP contribution in [0.1, 0.15) is 31.2 Å². The average Bonchev–Trinajstić information content (AvgIpc) is 2.70. The van der Waals surface area contributed by atoms with Crippen LogP contribution >= 0.6 is 0 Å². The molecular weight excluding hydrogens is 383 g/mol. The van der Waals surface area contributed by atoms with Gasteiger partial charge in [-0.05, 0) is 50.8 Å². The maximum Gasteiger partial charge on any atom is 0.239 e. The molecule has 1 aliphatic rings. The van der Waals surface area contributed by atoms with E-state index in [2.05, 4.69) is 20.6 Å². The van der Waals surface area contributed by atoms with Gasteiger partial charge in [0.05, 0.1) is 6.54 Å². The molecule has 8 heteroatoms. The average molecular weight is 415 g/mol. The first-order chi connectivity index (χ1) is 14.3. The molecular formula is C22H31FN6O. The van der Waals surface area contributed by atoms with Crippen LogP contribution in [0.5, 0.6) is 0 Å². The molecule has 2 aromatic rings. The number of nitrogens with one attached hydrogen (secondary N) is 2. The van der Waals surface area contributed by atoms with E-state index < -0.39 is 0 Å². The molecule has 0 atom stereocenters. The second-order valence-electron chi connectivity index (χ2n) is 8.19. The molecule has 1 fully saturated rings. The molecule has 162 valence electrons. The van der Waals surface area contributed by atoms with Crippen molar-refractivity contribution >= 4 is 23.4 Å². The first-order valence-corrected chi connectivity index (χ1v) is 10.4. The first-order valence-electron chi connectivity index (χ1n) is 10.4. The molecule has 0 saturated heterocycles. The Hall–Kier alpha value is -2.90. The third-order valence-electron chi connectivity index (χ3n) is 5.42. The van der Waals surface area contributed by atoms with Crippen LogP contribution in [0.2, 0.25) is 0 Å². The fourth-order valence-corrected chi connectivity index (χ4v) is 3.81. The molecule has 0 bridgehead atoms. The van der Waals surface area contributed by atoms with E-state index in [4.69, 9.17) is 0 Å². The van der Waals surface area contributed by atoms with Crippen LogP contribution in [0.15, 0.2) is 30.5 Å². The van der Waals surface area contributed by atoms with Crippen molar-refractivity contribution in [1.29, 1.82) is 0 Å². The molecule has 1 saturated carbocycles. The SMILES string of the molecule is Cc1cnc(NC2CCC(NC(=O)CN(C)c3cccc(F)c3)CC2)nc1N(C)C. The Labute approximate surface area is 177 Å². The normalized spacial score (nSPS) is 18.6. The smallest absolute Gasteiger partial charge is 0.239 e. The number of likely N-dealkylation sites (N-methyl/N-ethyl adjacent to an activating group) is 1. The fourth-order valence-electron chi connectivity index (χ4n) is 3.81. The second kappa shape index (κ2) is 9.73. The zero-order chi connectivity index (χ0) is 21.7. The van der Waals surface area contributed by atoms with Gasteiger partial charge in [-0.2, -0.15) is 4.98 Å². The van der Waals surface area contributed by atoms with Gasteiger partial charge >= 0.3 is 0 Å². The molecule has 1 heterocycles. The summed E-state index contributed by atoms with van der Waals surface area (Å²) in [5.74, 6) is 1.21. The van der Waals surface area contributed by atoms with Crippen molar-refractivity contribution in [1.82, 2.24) is 15.3 Å². The van der Waals surface area contributed by atoms with Crippen LogP contribution in [0, 0.1) is 12.7 Å². The molecule has 1 aliphatic carbocycles. The van der Waals surface area contributed by atoms with Gasteiger partial charge in [0, 0.05) is 50.7 Å². The van der Waals surface area contributed by atoms with Crippen molar-refractivity contribution in [2.45, 2.75) is 44.7 Å². The monoisotopic (exact) mass is 414 g/mol. The number of rotatable bonds is 7. The number of carbonyl (C=O) groups excluding carboxylic acids is 1. The Balaban J connectivity index is 1.45. The quantitative estimate of drug-likeness (QED) is 0.726. The Morgan fingerprint density at radius 3 is 2.53 bits per heavy atom. The lowest BCUT2D eigenvalue weighted by atomic mass is 9.91. The van der Waals surface area contributed by atoms with Gasteiger partial charge in [0.2, 0.25) is 11.9 Å². The number of aryl methyl sites for hydroxylation is 1. The summed E-state index contributed by atoms with van der Waals surface area (Å²) in [6, 6.07) is 6.72. The highest BCUT2D eigenvalue weighted by Gasteiger charge is 2.23. The van der Waals surface area contributed by atoms with Gasteiger partial charge in [0.25, 0.3) is 0 Å². The van der Waals surface area contributed by atoms with E-state index in [1.54, 1.807) is 24.1 Å². The molecule has 1 aromatic heterocycles. The molecule has 0 spiro atoms. The maximum absolute atomic E-state index is 13.4. The summed E-state index contributed by atoms with van der Waals surface area (Å²) in [4.78, 5) is 25.1. The summed E-state index contributed by atoms with van der Waals surface area (Å²) in [6.45, 7) is 2.20. The number of amides is 1. The Kier molecular flexibility index (Phi) is 7.07. The maximum atomic E-state index is 13.4. The number of benzene rings is 1. The predicted molar refractivity (Wildman–Crippen MR) is 119 cm³/mol. The summed E-state index contributed by atoms with van der Waals surface area (Å²) in [7, 11) is 5.73. The van der Waals surface area contributed by atoms with Crippen molar-refractivity contribution < 1.29 is 9.18 Å². The Morgan fingerprint density at radius 1 is 1.17 bits per heavy atom. The molecule has 30 heavy (non-hydrogen) atoms. The van der Waals surface area contributed by atoms with Crippen LogP contribution in [0.3, 0.4) is 0 Å². The summed E-state index contributed by atoms with van der Waals surface area (Å²) >= 11 is 0. The molecule has 3 rings (SSSR count). The van der Waals surface area contributed by atoms with Gasteiger partial charge in [0.15, 0.2) is 0 Å². The van der Waals surface area contributed by atoms with E-state index in [-0.39, 0.29) is 24.3 Å². The fraction of sp³-hybridized carbons (Fsp3) is 0.500. The topological polar surface area (TPSA) is 73.4 Å². The van der Waals surface area contributed by atoms with Gasteiger partial charge in [-0.25, -0.2) is 9.37 Å². The van der Waals surface area contributed by atoms with Gasteiger partial charge in [-0.1, -0.05) is 6.07 Å². The van der Waals surface area contributed by atoms with Crippen molar-refractivity contribution in [2.24, 2.45) is 0 Å². The summed E-state index contributed by atoms with van der Waals surface area (Å²) in [5, 5.41) is 6.54. The van der Waals surface area contributed by atoms with E-state index in [0.717, 1.165) is 37.1 Å². The largest absolute Gasteiger partial charge is 0.365 e. The number of anilines is 3. The predicted octanol–water partition coefficient (Wildman–Crippen LogP) is 2.97. The first kappa shape index (κ1) is 21.8. The number of hydrogen-bond donors (Lipinski definition) is 2. The van der Waals surface area contributed by atoms with Gasteiger partial charge in [-0.3, -0.25) is 4.79 Å². The van der Waals surface area contributed by atoms with Crippen LogP contribution in [0.4, 0.5) is 21.8 Å². The van der Waals surface area contributed by atoms with Crippen molar-refractivity contribution in [2.75, 3.05) is 42.8 Å². The van der Waals surface area contributed by atoms with Gasteiger partial charge < -0.3 is 20.4 Å². The molecule has 0 unspecified atom stereocenters. The zero-order valence-electron chi connectivity index (χ0n) is 18.2. The lowest BCUT2D eigenvalue weighted by Crippen LogP contribution is -2.44. The van der Waals surface area contributed by atoms with Gasteiger partial charge in [0.1, 0.15) is 11.6 Å². The highest BCUT2D eigenvalue weighted by Crippen LogP contribution is 2.23. The molecule has 1 aromatic carbocycles. The summed E-state index contributed by atoms with van der Waals surface area (Å²) in [5.41, 5.74) is 1.73. The van der Waals surface area contributed by atoms with E-state index in [9.17, 15) is 9.18 Å². The van der Waals surface area contributed by atoms with E-state index >= 15 is 0 Å². The zero-order valence-corrected chi connectivity index (χ0v) is 18.2. The van der Waals surface area contributed by atoms with Crippen LogP contribution < -0.4 is 20.4 Å². The van der Waals surface area contributed by atoms with E-state index in [1.807, 2.05) is 32.1 Å². The van der Waals surface area contributed by atoms with Crippen LogP contribution in [0.25, 0.3) is 0 Å². The minimum Gasteiger partial charge on any atom is -0.365 e. The summed E-state index contributed by atoms with van der Waals surface area (Å²) in [6.07, 6.45) is 5.53. The minimum absolute atomic E-state index is 0.0457. The number of carbonyl (C=O) groups is 1. The van der Waals surface area contributed by atoms with E-state index in [1.165, 1.54) is 12.1 Å². The molecule has 1 amide bonds.